The summed E-state index contributed by atoms with van der Waals surface area (Å²) < 4.78 is 10.3. The fourth-order valence-electron chi connectivity index (χ4n) is 2.86. The van der Waals surface area contributed by atoms with Crippen LogP contribution in [0.5, 0.6) is 0 Å². The van der Waals surface area contributed by atoms with E-state index in [-0.39, 0.29) is 12.6 Å². The summed E-state index contributed by atoms with van der Waals surface area (Å²) >= 11 is 0. The number of alkyl carbamates (subject to hydrolysis) is 1. The molecule has 0 bridgehead atoms. The van der Waals surface area contributed by atoms with E-state index in [1.54, 1.807) is 12.2 Å². The van der Waals surface area contributed by atoms with E-state index in [0.29, 0.717) is 19.3 Å². The normalized spacial score (nSPS) is 13.8. The van der Waals surface area contributed by atoms with Crippen LogP contribution in [0.2, 0.25) is 0 Å². The Bertz CT molecular complexity index is 585. The molecule has 5 nitrogen and oxygen atoms in total. The minimum Gasteiger partial charge on any atom is -0.469 e. The molecular weight excluding hydrogens is 318 g/mol. The summed E-state index contributed by atoms with van der Waals surface area (Å²) in [6.45, 7) is 9.50. The van der Waals surface area contributed by atoms with Crippen LogP contribution in [0.15, 0.2) is 55.6 Å². The zero-order chi connectivity index (χ0) is 18.7. The average molecular weight is 345 g/mol. The molecule has 1 N–H and O–H groups in total. The lowest BCUT2D eigenvalue weighted by Crippen LogP contribution is -2.52. The van der Waals surface area contributed by atoms with Crippen molar-refractivity contribution in [1.82, 2.24) is 5.32 Å². The van der Waals surface area contributed by atoms with E-state index >= 15 is 0 Å². The van der Waals surface area contributed by atoms with Crippen LogP contribution < -0.4 is 5.32 Å². The van der Waals surface area contributed by atoms with Gasteiger partial charge in [0.25, 0.3) is 0 Å². The summed E-state index contributed by atoms with van der Waals surface area (Å²) in [5, 5.41) is 2.80. The zero-order valence-corrected chi connectivity index (χ0v) is 15.0. The van der Waals surface area contributed by atoms with Crippen LogP contribution in [0.1, 0.15) is 31.7 Å². The van der Waals surface area contributed by atoms with Crippen molar-refractivity contribution >= 4 is 12.1 Å². The summed E-state index contributed by atoms with van der Waals surface area (Å²) in [6.07, 6.45) is 4.03. The standard InChI is InChI=1S/C20H27NO4/c1-5-11-17(20(7-3,14-6-2)18(22)24-4)21-19(23)25-15-16-12-9-8-10-13-16/h5-6,8-10,12-13,17H,1-2,7,11,14-15H2,3-4H3,(H,21,23)/t17-,20-/m0/s1. The number of rotatable bonds is 10. The molecular formula is C20H27NO4. The van der Waals surface area contributed by atoms with E-state index in [9.17, 15) is 9.59 Å². The molecule has 1 amide bonds. The van der Waals surface area contributed by atoms with Gasteiger partial charge in [0, 0.05) is 0 Å². The van der Waals surface area contributed by atoms with Crippen molar-refractivity contribution < 1.29 is 19.1 Å². The molecule has 0 radical (unpaired) electrons. The van der Waals surface area contributed by atoms with Crippen LogP contribution in [0.4, 0.5) is 4.79 Å². The number of hydrogen-bond acceptors (Lipinski definition) is 4. The molecule has 1 aromatic rings. The molecule has 0 aliphatic heterocycles. The molecule has 5 heteroatoms. The molecule has 2 atom stereocenters. The third-order valence-corrected chi connectivity index (χ3v) is 4.31. The molecule has 0 saturated carbocycles. The lowest BCUT2D eigenvalue weighted by molar-refractivity contribution is -0.154. The predicted molar refractivity (Wildman–Crippen MR) is 97.9 cm³/mol. The van der Waals surface area contributed by atoms with Gasteiger partial charge in [-0.25, -0.2) is 4.79 Å². The highest BCUT2D eigenvalue weighted by molar-refractivity contribution is 5.79. The van der Waals surface area contributed by atoms with Crippen molar-refractivity contribution in [3.05, 3.63) is 61.2 Å². The largest absolute Gasteiger partial charge is 0.469 e. The first-order valence-electron chi connectivity index (χ1n) is 8.31. The fraction of sp³-hybridized carbons (Fsp3) is 0.400. The Morgan fingerprint density at radius 2 is 1.92 bits per heavy atom. The molecule has 0 aromatic heterocycles. The minimum absolute atomic E-state index is 0.159. The maximum Gasteiger partial charge on any atom is 0.407 e. The first-order chi connectivity index (χ1) is 12.0. The highest BCUT2D eigenvalue weighted by atomic mass is 16.5. The van der Waals surface area contributed by atoms with E-state index in [2.05, 4.69) is 18.5 Å². The Morgan fingerprint density at radius 1 is 1.24 bits per heavy atom. The number of methoxy groups -OCH3 is 1. The maximum atomic E-state index is 12.4. The minimum atomic E-state index is -0.906. The molecule has 0 saturated heterocycles. The topological polar surface area (TPSA) is 64.6 Å². The molecule has 0 unspecified atom stereocenters. The number of esters is 1. The highest BCUT2D eigenvalue weighted by Crippen LogP contribution is 2.35. The van der Waals surface area contributed by atoms with Crippen molar-refractivity contribution in [3.8, 4) is 0 Å². The van der Waals surface area contributed by atoms with Crippen LogP contribution >= 0.6 is 0 Å². The van der Waals surface area contributed by atoms with Gasteiger partial charge in [0.15, 0.2) is 0 Å². The molecule has 0 fully saturated rings. The van der Waals surface area contributed by atoms with Gasteiger partial charge in [0.05, 0.1) is 18.6 Å². The van der Waals surface area contributed by atoms with Crippen molar-refractivity contribution in [3.63, 3.8) is 0 Å². The molecule has 25 heavy (non-hydrogen) atoms. The van der Waals surface area contributed by atoms with Gasteiger partial charge in [-0.1, -0.05) is 49.4 Å². The van der Waals surface area contributed by atoms with Crippen molar-refractivity contribution in [2.24, 2.45) is 5.41 Å². The third kappa shape index (κ3) is 5.48. The van der Waals surface area contributed by atoms with E-state index < -0.39 is 17.6 Å². The number of ether oxygens (including phenoxy) is 2. The Morgan fingerprint density at radius 3 is 2.44 bits per heavy atom. The number of allylic oxidation sites excluding steroid dienone is 1. The van der Waals surface area contributed by atoms with Gasteiger partial charge in [0.2, 0.25) is 0 Å². The second-order valence-corrected chi connectivity index (χ2v) is 5.78. The Balaban J connectivity index is 2.88. The van der Waals surface area contributed by atoms with E-state index in [4.69, 9.17) is 9.47 Å². The number of carbonyl (C=O) groups is 2. The molecule has 0 aliphatic carbocycles. The average Bonchev–Trinajstić information content (AvgIpc) is 2.64. The first kappa shape index (κ1) is 20.5. The molecule has 1 aromatic carbocycles. The van der Waals surface area contributed by atoms with Gasteiger partial charge in [-0.2, -0.15) is 0 Å². The Hall–Kier alpha value is -2.56. The van der Waals surface area contributed by atoms with E-state index in [1.165, 1.54) is 7.11 Å². The van der Waals surface area contributed by atoms with Crippen LogP contribution in [-0.4, -0.2) is 25.2 Å². The highest BCUT2D eigenvalue weighted by Gasteiger charge is 2.44. The van der Waals surface area contributed by atoms with E-state index in [0.717, 1.165) is 5.56 Å². The van der Waals surface area contributed by atoms with Crippen LogP contribution in [0, 0.1) is 5.41 Å². The van der Waals surface area contributed by atoms with Crippen molar-refractivity contribution in [2.45, 2.75) is 38.8 Å². The fourth-order valence-corrected chi connectivity index (χ4v) is 2.86. The molecule has 0 spiro atoms. The third-order valence-electron chi connectivity index (χ3n) is 4.31. The summed E-state index contributed by atoms with van der Waals surface area (Å²) in [6, 6.07) is 8.89. The SMILES string of the molecule is C=CC[C@H](NC(=O)OCc1ccccc1)[C@](CC)(CC=C)C(=O)OC. The van der Waals surface area contributed by atoms with Gasteiger partial charge < -0.3 is 14.8 Å². The first-order valence-corrected chi connectivity index (χ1v) is 8.31. The van der Waals surface area contributed by atoms with Crippen LogP contribution in [0.25, 0.3) is 0 Å². The van der Waals surface area contributed by atoms with Crippen molar-refractivity contribution in [2.75, 3.05) is 7.11 Å². The maximum absolute atomic E-state index is 12.4. The van der Waals surface area contributed by atoms with Crippen LogP contribution in [0.3, 0.4) is 0 Å². The second-order valence-electron chi connectivity index (χ2n) is 5.78. The lowest BCUT2D eigenvalue weighted by atomic mass is 9.73. The lowest BCUT2D eigenvalue weighted by Gasteiger charge is -2.36. The quantitative estimate of drug-likeness (QED) is 0.514. The van der Waals surface area contributed by atoms with Gasteiger partial charge in [-0.15, -0.1) is 13.2 Å². The van der Waals surface area contributed by atoms with Gasteiger partial charge in [-0.3, -0.25) is 4.79 Å². The summed E-state index contributed by atoms with van der Waals surface area (Å²) in [5.74, 6) is -0.384. The summed E-state index contributed by atoms with van der Waals surface area (Å²) in [5.41, 5.74) is -0.0186. The summed E-state index contributed by atoms with van der Waals surface area (Å²) in [4.78, 5) is 24.7. The smallest absolute Gasteiger partial charge is 0.407 e. The van der Waals surface area contributed by atoms with E-state index in [1.807, 2.05) is 37.3 Å². The zero-order valence-electron chi connectivity index (χ0n) is 15.0. The number of amides is 1. The second kappa shape index (κ2) is 10.3. The predicted octanol–water partition coefficient (Wildman–Crippen LogP) is 4.00. The monoisotopic (exact) mass is 345 g/mol. The number of carbonyl (C=O) groups excluding carboxylic acids is 2. The number of benzene rings is 1. The van der Waals surface area contributed by atoms with Crippen molar-refractivity contribution in [1.29, 1.82) is 0 Å². The number of hydrogen-bond donors (Lipinski definition) is 1. The van der Waals surface area contributed by atoms with Gasteiger partial charge in [-0.05, 0) is 24.8 Å². The molecule has 0 heterocycles. The molecule has 136 valence electrons. The Labute approximate surface area is 149 Å². The van der Waals surface area contributed by atoms with Gasteiger partial charge in [0.1, 0.15) is 6.61 Å². The van der Waals surface area contributed by atoms with Crippen LogP contribution in [-0.2, 0) is 20.9 Å². The Kier molecular flexibility index (Phi) is 8.47. The molecule has 1 rings (SSSR count). The summed E-state index contributed by atoms with van der Waals surface area (Å²) in [7, 11) is 1.34. The molecule has 0 aliphatic rings. The van der Waals surface area contributed by atoms with Gasteiger partial charge >= 0.3 is 12.1 Å². The number of nitrogens with one attached hydrogen (secondary N) is 1.